The number of aromatic nitrogens is 2. The van der Waals surface area contributed by atoms with Crippen molar-refractivity contribution in [2.45, 2.75) is 13.5 Å². The molecule has 3 heteroatoms. The molecule has 0 saturated carbocycles. The van der Waals surface area contributed by atoms with Crippen LogP contribution >= 0.6 is 0 Å². The Morgan fingerprint density at radius 2 is 2.22 bits per heavy atom. The zero-order chi connectivity index (χ0) is 5.98. The first-order chi connectivity index (χ1) is 3.83. The van der Waals surface area contributed by atoms with E-state index >= 15 is 0 Å². The summed E-state index contributed by atoms with van der Waals surface area (Å²) in [6, 6.07) is 0. The fraction of sp³-hybridized carbons (Fsp3) is 0.500. The highest BCUT2D eigenvalue weighted by molar-refractivity contribution is 4.63. The number of hydrogen-bond donors (Lipinski definition) is 0. The number of hydrogen-bond acceptors (Lipinski definition) is 0. The van der Waals surface area contributed by atoms with Gasteiger partial charge in [0.05, 0.1) is 13.6 Å². The summed E-state index contributed by atoms with van der Waals surface area (Å²) in [5, 5.41) is 0. The van der Waals surface area contributed by atoms with Crippen LogP contribution in [0.4, 0.5) is 0 Å². The predicted molar refractivity (Wildman–Crippen MR) is 31.3 cm³/mol. The van der Waals surface area contributed by atoms with Crippen LogP contribution in [0.2, 0.25) is 0 Å². The summed E-state index contributed by atoms with van der Waals surface area (Å²) in [6.45, 7) is 3.18. The fourth-order valence-corrected chi connectivity index (χ4v) is 0.689. The van der Waals surface area contributed by atoms with Gasteiger partial charge in [0.2, 0.25) is 6.33 Å². The van der Waals surface area contributed by atoms with E-state index in [-0.39, 0.29) is 17.0 Å². The van der Waals surface area contributed by atoms with Crippen LogP contribution in [-0.4, -0.2) is 4.57 Å². The molecule has 0 bridgehead atoms. The Kier molecular flexibility index (Phi) is 3.54. The Labute approximate surface area is 65.9 Å². The third-order valence-electron chi connectivity index (χ3n) is 1.19. The third kappa shape index (κ3) is 2.18. The maximum absolute atomic E-state index is 2.12. The van der Waals surface area contributed by atoms with E-state index in [9.17, 15) is 0 Å². The predicted octanol–water partition coefficient (Wildman–Crippen LogP) is 0.332. The Bertz CT molecular complexity index is 171. The molecule has 2 nitrogen and oxygen atoms in total. The lowest BCUT2D eigenvalue weighted by Gasteiger charge is -1.81. The van der Waals surface area contributed by atoms with Crippen molar-refractivity contribution in [1.82, 2.24) is 4.57 Å². The number of rotatable bonds is 1. The van der Waals surface area contributed by atoms with E-state index in [4.69, 9.17) is 0 Å². The summed E-state index contributed by atoms with van der Waals surface area (Å²) >= 11 is 0. The molecule has 0 aliphatic rings. The van der Waals surface area contributed by atoms with Gasteiger partial charge in [0.25, 0.3) is 0 Å². The largest absolute Gasteiger partial charge is 1.00 e. The molecule has 1 heterocycles. The summed E-state index contributed by atoms with van der Waals surface area (Å²) in [6.07, 6.45) is 6.14. The van der Waals surface area contributed by atoms with Crippen LogP contribution in [0.25, 0.3) is 0 Å². The molecule has 1 aromatic rings. The van der Waals surface area contributed by atoms with Crippen molar-refractivity contribution in [2.24, 2.45) is 7.05 Å². The first-order valence-electron chi connectivity index (χ1n) is 2.84. The van der Waals surface area contributed by atoms with Gasteiger partial charge in [-0.05, 0) is 6.92 Å². The van der Waals surface area contributed by atoms with Crippen LogP contribution in [-0.2, 0) is 13.6 Å². The van der Waals surface area contributed by atoms with Gasteiger partial charge in [0, 0.05) is 0 Å². The first kappa shape index (κ1) is 8.69. The molecule has 2 radical (unpaired) electrons. The van der Waals surface area contributed by atoms with Crippen molar-refractivity contribution in [3.63, 3.8) is 0 Å². The quantitative estimate of drug-likeness (QED) is 0.566. The molecule has 0 aliphatic carbocycles. The first-order valence-corrected chi connectivity index (χ1v) is 2.84. The second kappa shape index (κ2) is 3.67. The normalized spacial score (nSPS) is 8.67. The number of halogens is 1. The van der Waals surface area contributed by atoms with Gasteiger partial charge in [0.1, 0.15) is 12.4 Å². The van der Waals surface area contributed by atoms with Crippen molar-refractivity contribution in [3.05, 3.63) is 18.7 Å². The van der Waals surface area contributed by atoms with Crippen LogP contribution in [0, 0.1) is 17.0 Å². The van der Waals surface area contributed by atoms with E-state index in [0.717, 1.165) is 6.54 Å². The lowest BCUT2D eigenvalue weighted by atomic mass is 10.7. The molecule has 0 fully saturated rings. The van der Waals surface area contributed by atoms with Gasteiger partial charge in [-0.3, -0.25) is 0 Å². The zero-order valence-corrected chi connectivity index (χ0v) is 7.30. The van der Waals surface area contributed by atoms with Crippen molar-refractivity contribution in [1.29, 1.82) is 0 Å². The third-order valence-corrected chi connectivity index (χ3v) is 1.19. The average Bonchev–Trinajstić information content (AvgIpc) is 2.14. The minimum Gasteiger partial charge on any atom is -0.240 e. The van der Waals surface area contributed by atoms with Crippen molar-refractivity contribution < 1.29 is 21.5 Å². The number of aryl methyl sites for hydroxylation is 2. The van der Waals surface area contributed by atoms with Gasteiger partial charge in [0.15, 0.2) is 0 Å². The molecule has 0 N–H and O–H groups in total. The molecule has 50 valence electrons. The highest BCUT2D eigenvalue weighted by atomic mass is 79.9. The van der Waals surface area contributed by atoms with Gasteiger partial charge < -0.3 is 0 Å². The minimum atomic E-state index is 0. The Balaban J connectivity index is 0.000000640. The summed E-state index contributed by atoms with van der Waals surface area (Å²) in [5.74, 6) is 0. The number of nitrogens with zero attached hydrogens (tertiary/aromatic N) is 2. The van der Waals surface area contributed by atoms with Crippen molar-refractivity contribution in [2.75, 3.05) is 0 Å². The van der Waals surface area contributed by atoms with Gasteiger partial charge in [-0.25, -0.2) is 9.13 Å². The van der Waals surface area contributed by atoms with Gasteiger partial charge in [-0.15, -0.1) is 0 Å². The van der Waals surface area contributed by atoms with Gasteiger partial charge >= 0.3 is 17.0 Å². The monoisotopic (exact) mass is 190 g/mol. The zero-order valence-electron chi connectivity index (χ0n) is 5.71. The molecular weight excluding hydrogens is 180 g/mol. The van der Waals surface area contributed by atoms with Gasteiger partial charge in [-0.2, -0.15) is 0 Å². The van der Waals surface area contributed by atoms with E-state index in [1.165, 1.54) is 0 Å². The van der Waals surface area contributed by atoms with E-state index < -0.39 is 0 Å². The smallest absolute Gasteiger partial charge is 0.240 e. The second-order valence-electron chi connectivity index (χ2n) is 1.91. The molecule has 0 amide bonds. The Morgan fingerprint density at radius 1 is 1.56 bits per heavy atom. The van der Waals surface area contributed by atoms with Crippen LogP contribution in [0.1, 0.15) is 6.92 Å². The SMILES string of the molecule is CCn1cc[n+](C)c1.[Br+]. The summed E-state index contributed by atoms with van der Waals surface area (Å²) in [5.41, 5.74) is 0. The van der Waals surface area contributed by atoms with Crippen LogP contribution in [0.5, 0.6) is 0 Å². The van der Waals surface area contributed by atoms with E-state index in [0.29, 0.717) is 0 Å². The lowest BCUT2D eigenvalue weighted by molar-refractivity contribution is -0.671. The molecule has 1 aromatic heterocycles. The molecular formula is C6H11BrN2+2. The molecule has 0 unspecified atom stereocenters. The highest BCUT2D eigenvalue weighted by Gasteiger charge is 1.92. The maximum Gasteiger partial charge on any atom is 1.00 e. The second-order valence-corrected chi connectivity index (χ2v) is 1.91. The maximum atomic E-state index is 2.12. The summed E-state index contributed by atoms with van der Waals surface area (Å²) in [4.78, 5) is 0. The van der Waals surface area contributed by atoms with E-state index in [1.54, 1.807) is 0 Å². The van der Waals surface area contributed by atoms with E-state index in [1.807, 2.05) is 17.8 Å². The molecule has 0 aliphatic heterocycles. The Hall–Kier alpha value is -0.310. The van der Waals surface area contributed by atoms with Crippen molar-refractivity contribution >= 4 is 0 Å². The van der Waals surface area contributed by atoms with Crippen LogP contribution in [0.15, 0.2) is 18.7 Å². The van der Waals surface area contributed by atoms with E-state index in [2.05, 4.69) is 24.0 Å². The molecule has 1 rings (SSSR count). The topological polar surface area (TPSA) is 8.81 Å². The molecule has 9 heavy (non-hydrogen) atoms. The summed E-state index contributed by atoms with van der Waals surface area (Å²) < 4.78 is 4.16. The minimum absolute atomic E-state index is 0. The highest BCUT2D eigenvalue weighted by Crippen LogP contribution is 1.79. The standard InChI is InChI=1S/C6H11N2.Br/c1-3-8-5-4-7(2)6-8;/h4-6H,3H2,1-2H3;/q2*+1. The average molecular weight is 191 g/mol. The number of imidazole rings is 1. The van der Waals surface area contributed by atoms with Crippen LogP contribution < -0.4 is 4.57 Å². The fourth-order valence-electron chi connectivity index (χ4n) is 0.689. The van der Waals surface area contributed by atoms with Gasteiger partial charge in [-0.1, -0.05) is 0 Å². The van der Waals surface area contributed by atoms with Crippen LogP contribution in [0.3, 0.4) is 0 Å². The lowest BCUT2D eigenvalue weighted by Crippen LogP contribution is -2.23. The summed E-state index contributed by atoms with van der Waals surface area (Å²) in [7, 11) is 2.02. The Morgan fingerprint density at radius 3 is 2.44 bits per heavy atom. The molecule has 0 spiro atoms. The molecule has 0 aromatic carbocycles. The van der Waals surface area contributed by atoms with Crippen molar-refractivity contribution in [3.8, 4) is 0 Å². The molecule has 0 saturated heterocycles. The molecule has 0 atom stereocenters.